The number of carboxylic acid groups (broad SMARTS) is 1. The van der Waals surface area contributed by atoms with Crippen molar-refractivity contribution in [1.82, 2.24) is 0 Å². The van der Waals surface area contributed by atoms with E-state index in [2.05, 4.69) is 5.32 Å². The van der Waals surface area contributed by atoms with Crippen LogP contribution in [0.4, 0.5) is 5.69 Å². The topological polar surface area (TPSA) is 75.6 Å². The average molecular weight is 373 g/mol. The Labute approximate surface area is 162 Å². The van der Waals surface area contributed by atoms with Gasteiger partial charge in [0.15, 0.2) is 0 Å². The minimum absolute atomic E-state index is 0.170. The van der Waals surface area contributed by atoms with E-state index in [9.17, 15) is 9.59 Å². The summed E-state index contributed by atoms with van der Waals surface area (Å²) in [4.78, 5) is 22.8. The van der Waals surface area contributed by atoms with Gasteiger partial charge in [-0.25, -0.2) is 4.79 Å². The van der Waals surface area contributed by atoms with Crippen LogP contribution in [0.2, 0.25) is 0 Å². The fourth-order valence-electron chi connectivity index (χ4n) is 2.47. The largest absolute Gasteiger partial charge is 0.489 e. The summed E-state index contributed by atoms with van der Waals surface area (Å²) in [5, 5.41) is 11.6. The number of rotatable bonds is 7. The Morgan fingerprint density at radius 1 is 0.893 bits per heavy atom. The molecule has 5 heteroatoms. The SMILES string of the molecule is O=C(/C=C/c1ccc(OCc2ccccc2)cc1)Nc1ccc(C(=O)O)cc1. The minimum Gasteiger partial charge on any atom is -0.489 e. The van der Waals surface area contributed by atoms with Crippen LogP contribution >= 0.6 is 0 Å². The van der Waals surface area contributed by atoms with Crippen molar-refractivity contribution in [3.05, 3.63) is 102 Å². The molecular weight excluding hydrogens is 354 g/mol. The van der Waals surface area contributed by atoms with E-state index in [0.29, 0.717) is 12.3 Å². The third-order valence-electron chi connectivity index (χ3n) is 3.95. The lowest BCUT2D eigenvalue weighted by atomic mass is 10.2. The molecule has 0 saturated heterocycles. The van der Waals surface area contributed by atoms with E-state index in [0.717, 1.165) is 16.9 Å². The molecule has 0 aliphatic rings. The van der Waals surface area contributed by atoms with E-state index in [1.807, 2.05) is 54.6 Å². The van der Waals surface area contributed by atoms with Gasteiger partial charge in [-0.1, -0.05) is 42.5 Å². The maximum Gasteiger partial charge on any atom is 0.335 e. The lowest BCUT2D eigenvalue weighted by Gasteiger charge is -2.06. The predicted octanol–water partition coefficient (Wildman–Crippen LogP) is 4.62. The summed E-state index contributed by atoms with van der Waals surface area (Å²) in [5.41, 5.74) is 2.66. The van der Waals surface area contributed by atoms with Crippen LogP contribution in [0.1, 0.15) is 21.5 Å². The van der Waals surface area contributed by atoms with Crippen molar-refractivity contribution in [2.24, 2.45) is 0 Å². The number of anilines is 1. The number of hydrogen-bond donors (Lipinski definition) is 2. The molecule has 1 amide bonds. The number of ether oxygens (including phenoxy) is 1. The summed E-state index contributed by atoms with van der Waals surface area (Å²) in [7, 11) is 0. The smallest absolute Gasteiger partial charge is 0.335 e. The molecule has 0 radical (unpaired) electrons. The zero-order valence-corrected chi connectivity index (χ0v) is 15.0. The molecule has 0 aliphatic carbocycles. The first-order valence-electron chi connectivity index (χ1n) is 8.69. The maximum atomic E-state index is 12.0. The summed E-state index contributed by atoms with van der Waals surface area (Å²) in [6, 6.07) is 23.3. The Kier molecular flexibility index (Phi) is 6.21. The maximum absolute atomic E-state index is 12.0. The zero-order chi connectivity index (χ0) is 19.8. The van der Waals surface area contributed by atoms with Crippen molar-refractivity contribution in [3.8, 4) is 5.75 Å². The van der Waals surface area contributed by atoms with Gasteiger partial charge in [-0.2, -0.15) is 0 Å². The first kappa shape index (κ1) is 18.9. The van der Waals surface area contributed by atoms with Gasteiger partial charge in [-0.3, -0.25) is 4.79 Å². The number of benzene rings is 3. The molecule has 0 atom stereocenters. The Hall–Kier alpha value is -3.86. The molecule has 0 spiro atoms. The second-order valence-electron chi connectivity index (χ2n) is 6.05. The van der Waals surface area contributed by atoms with Gasteiger partial charge in [0.1, 0.15) is 12.4 Å². The van der Waals surface area contributed by atoms with Gasteiger partial charge < -0.3 is 15.2 Å². The van der Waals surface area contributed by atoms with E-state index in [-0.39, 0.29) is 11.5 Å². The van der Waals surface area contributed by atoms with Gasteiger partial charge in [-0.05, 0) is 53.6 Å². The first-order chi connectivity index (χ1) is 13.6. The van der Waals surface area contributed by atoms with E-state index >= 15 is 0 Å². The number of aromatic carboxylic acids is 1. The predicted molar refractivity (Wildman–Crippen MR) is 108 cm³/mol. The Morgan fingerprint density at radius 2 is 1.57 bits per heavy atom. The highest BCUT2D eigenvalue weighted by molar-refractivity contribution is 6.02. The van der Waals surface area contributed by atoms with Crippen molar-refractivity contribution in [2.75, 3.05) is 5.32 Å². The molecule has 2 N–H and O–H groups in total. The second kappa shape index (κ2) is 9.19. The molecule has 3 aromatic carbocycles. The summed E-state index contributed by atoms with van der Waals surface area (Å²) in [6.45, 7) is 0.499. The normalized spacial score (nSPS) is 10.6. The molecule has 0 unspecified atom stereocenters. The summed E-state index contributed by atoms with van der Waals surface area (Å²) in [5.74, 6) is -0.551. The van der Waals surface area contributed by atoms with Crippen LogP contribution in [0, 0.1) is 0 Å². The highest BCUT2D eigenvalue weighted by atomic mass is 16.5. The Morgan fingerprint density at radius 3 is 2.21 bits per heavy atom. The number of carboxylic acids is 1. The number of nitrogens with one attached hydrogen (secondary N) is 1. The number of carbonyl (C=O) groups is 2. The quantitative estimate of drug-likeness (QED) is 0.593. The molecular formula is C23H19NO4. The third-order valence-corrected chi connectivity index (χ3v) is 3.95. The Balaban J connectivity index is 1.52. The third kappa shape index (κ3) is 5.57. The first-order valence-corrected chi connectivity index (χ1v) is 8.69. The van der Waals surface area contributed by atoms with Crippen molar-refractivity contribution >= 4 is 23.6 Å². The molecule has 0 fully saturated rings. The van der Waals surface area contributed by atoms with Crippen LogP contribution in [0.25, 0.3) is 6.08 Å². The standard InChI is InChI=1S/C23H19NO4/c25-22(24-20-11-9-19(10-12-20)23(26)27)15-8-17-6-13-21(14-7-17)28-16-18-4-2-1-3-5-18/h1-15H,16H2,(H,24,25)(H,26,27)/b15-8+. The van der Waals surface area contributed by atoms with Crippen molar-refractivity contribution in [1.29, 1.82) is 0 Å². The van der Waals surface area contributed by atoms with E-state index < -0.39 is 5.97 Å². The van der Waals surface area contributed by atoms with Crippen LogP contribution in [0.5, 0.6) is 5.75 Å². The van der Waals surface area contributed by atoms with Gasteiger partial charge >= 0.3 is 5.97 Å². The molecule has 0 heterocycles. The molecule has 0 aromatic heterocycles. The van der Waals surface area contributed by atoms with Crippen molar-refractivity contribution in [2.45, 2.75) is 6.61 Å². The van der Waals surface area contributed by atoms with E-state index in [1.54, 1.807) is 18.2 Å². The average Bonchev–Trinajstić information content (AvgIpc) is 2.72. The van der Waals surface area contributed by atoms with Gasteiger partial charge in [-0.15, -0.1) is 0 Å². The van der Waals surface area contributed by atoms with Crippen LogP contribution < -0.4 is 10.1 Å². The number of amides is 1. The van der Waals surface area contributed by atoms with Crippen LogP contribution in [-0.2, 0) is 11.4 Å². The van der Waals surface area contributed by atoms with Gasteiger partial charge in [0.25, 0.3) is 0 Å². The zero-order valence-electron chi connectivity index (χ0n) is 15.0. The summed E-state index contributed by atoms with van der Waals surface area (Å²) < 4.78 is 5.73. The molecule has 0 bridgehead atoms. The van der Waals surface area contributed by atoms with E-state index in [4.69, 9.17) is 9.84 Å². The number of hydrogen-bond acceptors (Lipinski definition) is 3. The monoisotopic (exact) mass is 373 g/mol. The molecule has 3 aromatic rings. The molecule has 5 nitrogen and oxygen atoms in total. The highest BCUT2D eigenvalue weighted by Crippen LogP contribution is 2.15. The van der Waals surface area contributed by atoms with Crippen molar-refractivity contribution < 1.29 is 19.4 Å². The summed E-state index contributed by atoms with van der Waals surface area (Å²) in [6.07, 6.45) is 3.12. The minimum atomic E-state index is -1.01. The second-order valence-corrected chi connectivity index (χ2v) is 6.05. The van der Waals surface area contributed by atoms with Gasteiger partial charge in [0.2, 0.25) is 5.91 Å². The molecule has 140 valence electrons. The highest BCUT2D eigenvalue weighted by Gasteiger charge is 2.03. The molecule has 0 aliphatic heterocycles. The van der Waals surface area contributed by atoms with Gasteiger partial charge in [0.05, 0.1) is 5.56 Å². The summed E-state index contributed by atoms with van der Waals surface area (Å²) >= 11 is 0. The van der Waals surface area contributed by atoms with Crippen LogP contribution in [0.15, 0.2) is 84.9 Å². The lowest BCUT2D eigenvalue weighted by molar-refractivity contribution is -0.111. The van der Waals surface area contributed by atoms with Crippen LogP contribution in [-0.4, -0.2) is 17.0 Å². The fourth-order valence-corrected chi connectivity index (χ4v) is 2.47. The lowest BCUT2D eigenvalue weighted by Crippen LogP contribution is -2.08. The molecule has 3 rings (SSSR count). The van der Waals surface area contributed by atoms with Gasteiger partial charge in [0, 0.05) is 11.8 Å². The number of carbonyl (C=O) groups excluding carboxylic acids is 1. The van der Waals surface area contributed by atoms with Crippen molar-refractivity contribution in [3.63, 3.8) is 0 Å². The molecule has 28 heavy (non-hydrogen) atoms. The van der Waals surface area contributed by atoms with E-state index in [1.165, 1.54) is 18.2 Å². The fraction of sp³-hybridized carbons (Fsp3) is 0.0435. The Bertz CT molecular complexity index is 962. The van der Waals surface area contributed by atoms with Crippen LogP contribution in [0.3, 0.4) is 0 Å². The molecule has 0 saturated carbocycles.